The second-order valence-corrected chi connectivity index (χ2v) is 11.8. The summed E-state index contributed by atoms with van der Waals surface area (Å²) in [4.78, 5) is 37.5. The lowest BCUT2D eigenvalue weighted by atomic mass is 9.67. The second kappa shape index (κ2) is 10.6. The molecular formula is C30H29F2N3O4S. The molecule has 0 unspecified atom stereocenters. The molecule has 0 saturated carbocycles. The summed E-state index contributed by atoms with van der Waals surface area (Å²) in [7, 11) is 1.51. The molecule has 2 aromatic carbocycles. The number of carbonyl (C=O) groups excluding carboxylic acids is 2. The average molecular weight is 566 g/mol. The number of aliphatic imine (C=N–C) groups is 1. The maximum Gasteiger partial charge on any atom is 0.423 e. The molecule has 40 heavy (non-hydrogen) atoms. The maximum atomic E-state index is 15.6. The topological polar surface area (TPSA) is 81.1 Å². The van der Waals surface area contributed by atoms with Gasteiger partial charge >= 0.3 is 6.09 Å². The Kier molecular flexibility index (Phi) is 7.39. The van der Waals surface area contributed by atoms with Gasteiger partial charge in [-0.15, -0.1) is 0 Å². The number of carbonyl (C=O) groups is 2. The monoisotopic (exact) mass is 565 g/mol. The van der Waals surface area contributed by atoms with Crippen LogP contribution >= 0.6 is 11.8 Å². The van der Waals surface area contributed by atoms with E-state index in [4.69, 9.17) is 14.5 Å². The van der Waals surface area contributed by atoms with Gasteiger partial charge in [-0.3, -0.25) is 4.79 Å². The van der Waals surface area contributed by atoms with Crippen molar-refractivity contribution in [3.63, 3.8) is 0 Å². The summed E-state index contributed by atoms with van der Waals surface area (Å²) in [6.45, 7) is 5.11. The number of nitrogens with zero attached hydrogens (tertiary/aromatic N) is 3. The van der Waals surface area contributed by atoms with Gasteiger partial charge in [-0.25, -0.2) is 23.6 Å². The molecule has 7 nitrogen and oxygen atoms in total. The van der Waals surface area contributed by atoms with E-state index in [1.54, 1.807) is 57.3 Å². The van der Waals surface area contributed by atoms with E-state index in [9.17, 15) is 14.0 Å². The number of halogens is 2. The van der Waals surface area contributed by atoms with Crippen LogP contribution in [0.15, 0.2) is 65.8 Å². The number of amidine groups is 1. The molecule has 5 rings (SSSR count). The van der Waals surface area contributed by atoms with Crippen molar-refractivity contribution in [2.75, 3.05) is 12.9 Å². The highest BCUT2D eigenvalue weighted by Gasteiger charge is 2.51. The van der Waals surface area contributed by atoms with Gasteiger partial charge in [-0.2, -0.15) is 4.90 Å². The first-order valence-electron chi connectivity index (χ1n) is 12.8. The third-order valence-electron chi connectivity index (χ3n) is 6.99. The molecule has 0 fully saturated rings. The minimum absolute atomic E-state index is 0.0781. The number of hydrogen-bond acceptors (Lipinski definition) is 7. The van der Waals surface area contributed by atoms with Crippen LogP contribution < -0.4 is 4.74 Å². The molecule has 208 valence electrons. The Morgan fingerprint density at radius 2 is 1.85 bits per heavy atom. The van der Waals surface area contributed by atoms with Crippen LogP contribution in [0.1, 0.15) is 47.8 Å². The van der Waals surface area contributed by atoms with Crippen LogP contribution in [-0.2, 0) is 23.1 Å². The van der Waals surface area contributed by atoms with E-state index in [0.717, 1.165) is 22.1 Å². The van der Waals surface area contributed by atoms with Crippen molar-refractivity contribution >= 4 is 28.9 Å². The van der Waals surface area contributed by atoms with E-state index in [1.165, 1.54) is 31.0 Å². The first kappa shape index (κ1) is 27.8. The minimum atomic E-state index is -1.26. The lowest BCUT2D eigenvalue weighted by Crippen LogP contribution is -2.51. The quantitative estimate of drug-likeness (QED) is 0.379. The van der Waals surface area contributed by atoms with Crippen LogP contribution in [0.3, 0.4) is 0 Å². The second-order valence-electron chi connectivity index (χ2n) is 10.8. The van der Waals surface area contributed by atoms with Gasteiger partial charge in [0.2, 0.25) is 5.88 Å². The van der Waals surface area contributed by atoms with Crippen molar-refractivity contribution in [3.05, 3.63) is 94.7 Å². The zero-order valence-corrected chi connectivity index (χ0v) is 23.4. The molecule has 1 aromatic heterocycles. The highest BCUT2D eigenvalue weighted by molar-refractivity contribution is 8.13. The molecular weight excluding hydrogens is 536 g/mol. The molecule has 2 heterocycles. The van der Waals surface area contributed by atoms with Crippen molar-refractivity contribution in [3.8, 4) is 5.88 Å². The van der Waals surface area contributed by atoms with Crippen LogP contribution in [0.2, 0.25) is 0 Å². The van der Waals surface area contributed by atoms with Gasteiger partial charge in [0.15, 0.2) is 5.17 Å². The Morgan fingerprint density at radius 1 is 1.10 bits per heavy atom. The van der Waals surface area contributed by atoms with Gasteiger partial charge in [0, 0.05) is 47.0 Å². The Bertz CT molecular complexity index is 1490. The van der Waals surface area contributed by atoms with Crippen LogP contribution in [0, 0.1) is 17.6 Å². The molecule has 2 amide bonds. The molecule has 3 aromatic rings. The molecule has 2 aliphatic rings. The fourth-order valence-corrected chi connectivity index (χ4v) is 6.47. The average Bonchev–Trinajstić information content (AvgIpc) is 2.91. The summed E-state index contributed by atoms with van der Waals surface area (Å²) in [5.41, 5.74) is 0.0269. The van der Waals surface area contributed by atoms with Crippen molar-refractivity contribution < 1.29 is 27.8 Å². The van der Waals surface area contributed by atoms with E-state index in [2.05, 4.69) is 4.98 Å². The van der Waals surface area contributed by atoms with Gasteiger partial charge in [0.1, 0.15) is 17.2 Å². The number of pyridine rings is 1. The minimum Gasteiger partial charge on any atom is -0.481 e. The molecule has 0 radical (unpaired) electrons. The lowest BCUT2D eigenvalue weighted by Gasteiger charge is -2.46. The van der Waals surface area contributed by atoms with Crippen molar-refractivity contribution in [1.29, 1.82) is 0 Å². The van der Waals surface area contributed by atoms with Gasteiger partial charge in [-0.05, 0) is 57.0 Å². The van der Waals surface area contributed by atoms with Crippen LogP contribution in [-0.4, -0.2) is 45.5 Å². The van der Waals surface area contributed by atoms with E-state index in [1.807, 2.05) is 6.07 Å². The van der Waals surface area contributed by atoms with Gasteiger partial charge in [0.05, 0.1) is 12.6 Å². The SMILES string of the molecule is COc1nccc2c1C[C@]1(c3ccc(F)cc3F)N=C(N(C(=O)OC(C)(C)C)C(=O)c3ccccc3)SC[C@@H]1C2. The largest absolute Gasteiger partial charge is 0.481 e. The third kappa shape index (κ3) is 5.20. The zero-order valence-electron chi connectivity index (χ0n) is 22.6. The third-order valence-corrected chi connectivity index (χ3v) is 8.09. The number of aromatic nitrogens is 1. The van der Waals surface area contributed by atoms with Gasteiger partial charge < -0.3 is 9.47 Å². The summed E-state index contributed by atoms with van der Waals surface area (Å²) in [5, 5.41) is 0.0781. The van der Waals surface area contributed by atoms with Crippen LogP contribution in [0.25, 0.3) is 0 Å². The van der Waals surface area contributed by atoms with E-state index < -0.39 is 34.8 Å². The Morgan fingerprint density at radius 3 is 2.52 bits per heavy atom. The summed E-state index contributed by atoms with van der Waals surface area (Å²) in [6.07, 6.45) is 1.47. The summed E-state index contributed by atoms with van der Waals surface area (Å²) < 4.78 is 40.7. The fraction of sp³-hybridized carbons (Fsp3) is 0.333. The Balaban J connectivity index is 1.71. The molecule has 0 saturated heterocycles. The molecule has 0 N–H and O–H groups in total. The van der Waals surface area contributed by atoms with Crippen molar-refractivity contribution in [1.82, 2.24) is 9.88 Å². The summed E-state index contributed by atoms with van der Waals surface area (Å²) in [5.74, 6) is -1.52. The van der Waals surface area contributed by atoms with Gasteiger partial charge in [-0.1, -0.05) is 36.0 Å². The van der Waals surface area contributed by atoms with Gasteiger partial charge in [0.25, 0.3) is 5.91 Å². The number of amides is 2. The maximum absolute atomic E-state index is 15.6. The number of methoxy groups -OCH3 is 1. The molecule has 10 heteroatoms. The lowest BCUT2D eigenvalue weighted by molar-refractivity contribution is 0.0352. The molecule has 0 spiro atoms. The van der Waals surface area contributed by atoms with E-state index in [0.29, 0.717) is 18.1 Å². The highest BCUT2D eigenvalue weighted by atomic mass is 32.2. The number of imide groups is 1. The predicted octanol–water partition coefficient (Wildman–Crippen LogP) is 6.16. The summed E-state index contributed by atoms with van der Waals surface area (Å²) in [6, 6.07) is 13.7. The van der Waals surface area contributed by atoms with Crippen LogP contribution in [0.4, 0.5) is 13.6 Å². The van der Waals surface area contributed by atoms with E-state index in [-0.39, 0.29) is 28.6 Å². The first-order valence-corrected chi connectivity index (χ1v) is 13.8. The number of fused-ring (bicyclic) bond motifs is 2. The molecule has 0 bridgehead atoms. The van der Waals surface area contributed by atoms with Crippen LogP contribution in [0.5, 0.6) is 5.88 Å². The highest BCUT2D eigenvalue weighted by Crippen LogP contribution is 2.50. The fourth-order valence-electron chi connectivity index (χ4n) is 5.22. The number of benzene rings is 2. The predicted molar refractivity (Wildman–Crippen MR) is 148 cm³/mol. The molecule has 1 aliphatic heterocycles. The van der Waals surface area contributed by atoms with Crippen molar-refractivity contribution in [2.24, 2.45) is 10.9 Å². The normalized spacial score (nSPS) is 20.1. The number of rotatable bonds is 3. The number of thioether (sulfide) groups is 1. The Labute approximate surface area is 235 Å². The summed E-state index contributed by atoms with van der Waals surface area (Å²) >= 11 is 1.23. The smallest absolute Gasteiger partial charge is 0.423 e. The van der Waals surface area contributed by atoms with E-state index >= 15 is 4.39 Å². The first-order chi connectivity index (χ1) is 19.0. The number of hydrogen-bond donors (Lipinski definition) is 0. The Hall–Kier alpha value is -3.79. The standard InChI is InChI=1S/C30H29F2N3O4S/c1-29(2,3)39-28(37)35(26(36)18-8-6-5-7-9-18)27-34-30(23-11-10-21(31)15-24(23)32)16-22-19(14-20(30)17-40-27)12-13-33-25(22)38-4/h5-13,15,20H,14,16-17H2,1-4H3/t20-,30-/m0/s1. The zero-order chi connectivity index (χ0) is 28.7. The number of ether oxygens (including phenoxy) is 2. The molecule has 2 atom stereocenters. The molecule has 1 aliphatic carbocycles. The van der Waals surface area contributed by atoms with Crippen molar-refractivity contribution in [2.45, 2.75) is 44.8 Å².